The Morgan fingerprint density at radius 2 is 1.67 bits per heavy atom. The van der Waals surface area contributed by atoms with Crippen LogP contribution in [-0.4, -0.2) is 31.1 Å². The van der Waals surface area contributed by atoms with Gasteiger partial charge in [0.1, 0.15) is 6.04 Å². The third kappa shape index (κ3) is 5.23. The minimum absolute atomic E-state index is 0.0901. The van der Waals surface area contributed by atoms with E-state index in [-0.39, 0.29) is 17.9 Å². The van der Waals surface area contributed by atoms with Crippen LogP contribution in [-0.2, 0) is 25.5 Å². The van der Waals surface area contributed by atoms with E-state index in [4.69, 9.17) is 15.2 Å². The number of carbonyl (C=O) groups excluding carboxylic acids is 3. The summed E-state index contributed by atoms with van der Waals surface area (Å²) in [4.78, 5) is 33.4. The molecule has 1 aromatic carbocycles. The predicted molar refractivity (Wildman–Crippen MR) is 72.8 cm³/mol. The van der Waals surface area contributed by atoms with E-state index in [9.17, 15) is 14.4 Å². The number of ether oxygens (including phenoxy) is 3. The molecular weight excluding hydrogens is 278 g/mol. The normalized spacial score (nSPS) is 11.4. The van der Waals surface area contributed by atoms with Crippen LogP contribution in [0, 0.1) is 0 Å². The molecule has 1 aromatic rings. The number of hydrogen-bond donors (Lipinski definition) is 1. The van der Waals surface area contributed by atoms with Crippen LogP contribution in [0.3, 0.4) is 0 Å². The van der Waals surface area contributed by atoms with E-state index in [1.807, 2.05) is 0 Å². The Balaban J connectivity index is 3.00. The van der Waals surface area contributed by atoms with Gasteiger partial charge < -0.3 is 19.9 Å². The van der Waals surface area contributed by atoms with Gasteiger partial charge in [0.2, 0.25) is 0 Å². The van der Waals surface area contributed by atoms with Crippen molar-refractivity contribution in [1.82, 2.24) is 0 Å². The molecule has 0 aliphatic rings. The van der Waals surface area contributed by atoms with Crippen LogP contribution in [0.2, 0.25) is 0 Å². The summed E-state index contributed by atoms with van der Waals surface area (Å²) in [5.41, 5.74) is 6.30. The van der Waals surface area contributed by atoms with Gasteiger partial charge in [0.05, 0.1) is 7.11 Å². The van der Waals surface area contributed by atoms with Gasteiger partial charge in [-0.1, -0.05) is 6.07 Å². The highest BCUT2D eigenvalue weighted by Gasteiger charge is 2.17. The fourth-order valence-corrected chi connectivity index (χ4v) is 1.64. The molecule has 21 heavy (non-hydrogen) atoms. The predicted octanol–water partition coefficient (Wildman–Crippen LogP) is 0.580. The number of esters is 3. The zero-order chi connectivity index (χ0) is 16.0. The molecule has 0 spiro atoms. The van der Waals surface area contributed by atoms with Crippen molar-refractivity contribution in [1.29, 1.82) is 0 Å². The zero-order valence-corrected chi connectivity index (χ0v) is 12.0. The summed E-state index contributed by atoms with van der Waals surface area (Å²) in [7, 11) is 1.25. The summed E-state index contributed by atoms with van der Waals surface area (Å²) >= 11 is 0. The van der Waals surface area contributed by atoms with Crippen molar-refractivity contribution in [3.8, 4) is 11.5 Å². The van der Waals surface area contributed by atoms with Crippen LogP contribution in [0.5, 0.6) is 11.5 Å². The summed E-state index contributed by atoms with van der Waals surface area (Å²) in [6.07, 6.45) is 0.196. The zero-order valence-electron chi connectivity index (χ0n) is 12.0. The first kappa shape index (κ1) is 16.6. The molecule has 1 unspecified atom stereocenters. The number of nitrogens with two attached hydrogens (primary N) is 1. The fraction of sp³-hybridized carbons (Fsp3) is 0.357. The van der Waals surface area contributed by atoms with Gasteiger partial charge in [-0.25, -0.2) is 0 Å². The Morgan fingerprint density at radius 1 is 1.10 bits per heavy atom. The standard InChI is InChI=1S/C14H17NO6/c1-8(16)20-12-5-4-10(6-11(15)14(18)19-3)7-13(12)21-9(2)17/h4-5,7,11H,6,15H2,1-3H3. The van der Waals surface area contributed by atoms with Gasteiger partial charge in [0, 0.05) is 13.8 Å². The minimum Gasteiger partial charge on any atom is -0.468 e. The number of hydrogen-bond acceptors (Lipinski definition) is 7. The molecule has 0 aromatic heterocycles. The van der Waals surface area contributed by atoms with E-state index in [1.165, 1.54) is 33.1 Å². The van der Waals surface area contributed by atoms with Crippen LogP contribution in [0.25, 0.3) is 0 Å². The van der Waals surface area contributed by atoms with E-state index in [0.29, 0.717) is 5.56 Å². The number of carbonyl (C=O) groups is 3. The van der Waals surface area contributed by atoms with Crippen molar-refractivity contribution in [2.75, 3.05) is 7.11 Å². The Hall–Kier alpha value is -2.41. The van der Waals surface area contributed by atoms with Crippen molar-refractivity contribution in [2.45, 2.75) is 26.3 Å². The lowest BCUT2D eigenvalue weighted by atomic mass is 10.1. The average Bonchev–Trinajstić information content (AvgIpc) is 2.39. The van der Waals surface area contributed by atoms with E-state index in [1.54, 1.807) is 6.07 Å². The SMILES string of the molecule is COC(=O)C(N)Cc1ccc(OC(C)=O)c(OC(C)=O)c1. The second-order valence-electron chi connectivity index (χ2n) is 4.30. The lowest BCUT2D eigenvalue weighted by Gasteiger charge is -2.12. The third-order valence-corrected chi connectivity index (χ3v) is 2.48. The second-order valence-corrected chi connectivity index (χ2v) is 4.30. The van der Waals surface area contributed by atoms with E-state index in [2.05, 4.69) is 4.74 Å². The Kier molecular flexibility index (Phi) is 5.86. The lowest BCUT2D eigenvalue weighted by molar-refractivity contribution is -0.142. The summed E-state index contributed by atoms with van der Waals surface area (Å²) in [5.74, 6) is -1.44. The maximum atomic E-state index is 11.3. The molecule has 0 amide bonds. The summed E-state index contributed by atoms with van der Waals surface area (Å²) in [6, 6.07) is 3.75. The molecule has 0 heterocycles. The van der Waals surface area contributed by atoms with Crippen molar-refractivity contribution in [2.24, 2.45) is 5.73 Å². The van der Waals surface area contributed by atoms with Crippen molar-refractivity contribution >= 4 is 17.9 Å². The van der Waals surface area contributed by atoms with Crippen LogP contribution >= 0.6 is 0 Å². The number of methoxy groups -OCH3 is 1. The first-order chi connectivity index (χ1) is 9.83. The van der Waals surface area contributed by atoms with Gasteiger partial charge in [-0.15, -0.1) is 0 Å². The Labute approximate surface area is 122 Å². The van der Waals surface area contributed by atoms with Gasteiger partial charge >= 0.3 is 17.9 Å². The molecule has 0 bridgehead atoms. The maximum Gasteiger partial charge on any atom is 0.322 e. The molecule has 0 saturated carbocycles. The second kappa shape index (κ2) is 7.39. The quantitative estimate of drug-likeness (QED) is 0.625. The summed E-state index contributed by atoms with van der Waals surface area (Å²) in [5, 5.41) is 0. The van der Waals surface area contributed by atoms with Gasteiger partial charge in [0.25, 0.3) is 0 Å². The highest BCUT2D eigenvalue weighted by atomic mass is 16.6. The number of benzene rings is 1. The Morgan fingerprint density at radius 3 is 2.19 bits per heavy atom. The van der Waals surface area contributed by atoms with Crippen LogP contribution < -0.4 is 15.2 Å². The molecule has 1 atom stereocenters. The van der Waals surface area contributed by atoms with Gasteiger partial charge in [-0.2, -0.15) is 0 Å². The molecular formula is C14H17NO6. The van der Waals surface area contributed by atoms with E-state index in [0.717, 1.165) is 0 Å². The largest absolute Gasteiger partial charge is 0.468 e. The molecule has 0 fully saturated rings. The van der Waals surface area contributed by atoms with Crippen molar-refractivity contribution in [3.05, 3.63) is 23.8 Å². The lowest BCUT2D eigenvalue weighted by Crippen LogP contribution is -2.33. The fourth-order valence-electron chi connectivity index (χ4n) is 1.64. The first-order valence-electron chi connectivity index (χ1n) is 6.16. The Bertz CT molecular complexity index is 554. The molecule has 1 rings (SSSR count). The molecule has 114 valence electrons. The highest BCUT2D eigenvalue weighted by molar-refractivity contribution is 5.76. The maximum absolute atomic E-state index is 11.3. The smallest absolute Gasteiger partial charge is 0.322 e. The molecule has 7 nitrogen and oxygen atoms in total. The van der Waals surface area contributed by atoms with Crippen molar-refractivity contribution < 1.29 is 28.6 Å². The van der Waals surface area contributed by atoms with Crippen LogP contribution in [0.4, 0.5) is 0 Å². The van der Waals surface area contributed by atoms with E-state index >= 15 is 0 Å². The first-order valence-corrected chi connectivity index (χ1v) is 6.16. The van der Waals surface area contributed by atoms with Gasteiger partial charge in [-0.3, -0.25) is 14.4 Å². The minimum atomic E-state index is -0.834. The topological polar surface area (TPSA) is 105 Å². The van der Waals surface area contributed by atoms with Crippen LogP contribution in [0.15, 0.2) is 18.2 Å². The summed E-state index contributed by atoms with van der Waals surface area (Å²) < 4.78 is 14.5. The van der Waals surface area contributed by atoms with Gasteiger partial charge in [0.15, 0.2) is 11.5 Å². The monoisotopic (exact) mass is 295 g/mol. The number of rotatable bonds is 5. The van der Waals surface area contributed by atoms with Crippen molar-refractivity contribution in [3.63, 3.8) is 0 Å². The molecule has 0 aliphatic carbocycles. The third-order valence-electron chi connectivity index (χ3n) is 2.48. The van der Waals surface area contributed by atoms with Crippen LogP contribution in [0.1, 0.15) is 19.4 Å². The highest BCUT2D eigenvalue weighted by Crippen LogP contribution is 2.29. The summed E-state index contributed by atoms with van der Waals surface area (Å²) in [6.45, 7) is 2.46. The molecule has 2 N–H and O–H groups in total. The molecule has 0 radical (unpaired) electrons. The van der Waals surface area contributed by atoms with Gasteiger partial charge in [-0.05, 0) is 24.1 Å². The average molecular weight is 295 g/mol. The van der Waals surface area contributed by atoms with E-state index < -0.39 is 23.9 Å². The molecule has 0 saturated heterocycles. The molecule has 0 aliphatic heterocycles. The molecule has 7 heteroatoms.